The molecule has 1 aromatic carbocycles. The van der Waals surface area contributed by atoms with Crippen molar-refractivity contribution in [3.8, 4) is 18.2 Å². The number of nitrogens with two attached hydrogens (primary N) is 1. The fourth-order valence-corrected chi connectivity index (χ4v) is 4.00. The lowest BCUT2D eigenvalue weighted by Crippen LogP contribution is -2.43. The predicted molar refractivity (Wildman–Crippen MR) is 87.6 cm³/mol. The highest BCUT2D eigenvalue weighted by atomic mass is 16.7. The van der Waals surface area contributed by atoms with Crippen molar-refractivity contribution in [1.29, 1.82) is 15.8 Å². The Morgan fingerprint density at radius 3 is 2.12 bits per heavy atom. The lowest BCUT2D eigenvalue weighted by atomic mass is 9.93. The molecule has 3 unspecified atom stereocenters. The lowest BCUT2D eigenvalue weighted by Gasteiger charge is -2.31. The summed E-state index contributed by atoms with van der Waals surface area (Å²) in [6.45, 7) is 4.04. The van der Waals surface area contributed by atoms with Gasteiger partial charge in [0.1, 0.15) is 11.3 Å². The van der Waals surface area contributed by atoms with Gasteiger partial charge in [0.15, 0.2) is 5.41 Å². The Morgan fingerprint density at radius 2 is 1.68 bits per heavy atom. The Bertz CT molecular complexity index is 851. The van der Waals surface area contributed by atoms with Crippen molar-refractivity contribution in [2.75, 3.05) is 13.2 Å². The fraction of sp³-hybridized carbons (Fsp3) is 0.444. The summed E-state index contributed by atoms with van der Waals surface area (Å²) in [6, 6.07) is 13.3. The third kappa shape index (κ3) is 1.76. The number of aliphatic imine (C=N–C) groups is 1. The fourth-order valence-electron chi connectivity index (χ4n) is 4.00. The van der Waals surface area contributed by atoms with E-state index in [-0.39, 0.29) is 19.0 Å². The van der Waals surface area contributed by atoms with Crippen molar-refractivity contribution in [2.24, 2.45) is 21.6 Å². The molecule has 1 aliphatic heterocycles. The van der Waals surface area contributed by atoms with Crippen LogP contribution in [-0.2, 0) is 9.47 Å². The molecule has 0 aromatic heterocycles. The van der Waals surface area contributed by atoms with E-state index in [0.29, 0.717) is 5.56 Å². The Morgan fingerprint density at radius 1 is 1.08 bits per heavy atom. The summed E-state index contributed by atoms with van der Waals surface area (Å²) in [7, 11) is 0. The number of ether oxygens (including phenoxy) is 2. The third-order valence-electron chi connectivity index (χ3n) is 4.98. The maximum Gasteiger partial charge on any atom is 0.293 e. The molecular weight excluding hydrogens is 318 g/mol. The highest BCUT2D eigenvalue weighted by Gasteiger charge is 2.93. The van der Waals surface area contributed by atoms with E-state index in [0.717, 1.165) is 5.56 Å². The molecule has 1 saturated carbocycles. The third-order valence-corrected chi connectivity index (χ3v) is 4.98. The Labute approximate surface area is 145 Å². The van der Waals surface area contributed by atoms with Gasteiger partial charge in [-0.3, -0.25) is 0 Å². The molecule has 2 N–H and O–H groups in total. The normalized spacial score (nSPS) is 31.2. The topological polar surface area (TPSA) is 128 Å². The minimum atomic E-state index is -1.61. The molecule has 2 aliphatic rings. The van der Waals surface area contributed by atoms with Crippen LogP contribution in [0.4, 0.5) is 0 Å². The smallest absolute Gasteiger partial charge is 0.293 e. The zero-order chi connectivity index (χ0) is 18.3. The van der Waals surface area contributed by atoms with E-state index in [1.54, 1.807) is 38.1 Å². The second kappa shape index (κ2) is 5.57. The molecule has 0 radical (unpaired) electrons. The lowest BCUT2D eigenvalue weighted by molar-refractivity contribution is -0.255. The van der Waals surface area contributed by atoms with Gasteiger partial charge in [-0.15, -0.1) is 0 Å². The summed E-state index contributed by atoms with van der Waals surface area (Å²) in [4.78, 5) is 4.28. The predicted octanol–water partition coefficient (Wildman–Crippen LogP) is 1.77. The van der Waals surface area contributed by atoms with Crippen molar-refractivity contribution in [3.05, 3.63) is 35.4 Å². The SMILES string of the molecule is CCOC1(OCC)N=C(N)C2(C#N)C(c3ccc(C#N)cc3)C12C#N. The van der Waals surface area contributed by atoms with Crippen molar-refractivity contribution in [3.63, 3.8) is 0 Å². The number of fused-ring (bicyclic) bond motifs is 1. The summed E-state index contributed by atoms with van der Waals surface area (Å²) in [5, 5.41) is 28.9. The van der Waals surface area contributed by atoms with E-state index >= 15 is 0 Å². The molecule has 1 aliphatic carbocycles. The molecule has 0 amide bonds. The van der Waals surface area contributed by atoms with E-state index in [9.17, 15) is 10.5 Å². The first-order valence-electron chi connectivity index (χ1n) is 7.99. The van der Waals surface area contributed by atoms with Crippen molar-refractivity contribution in [2.45, 2.75) is 25.7 Å². The van der Waals surface area contributed by atoms with E-state index in [1.165, 1.54) is 0 Å². The second-order valence-corrected chi connectivity index (χ2v) is 5.95. The van der Waals surface area contributed by atoms with Crippen LogP contribution < -0.4 is 5.73 Å². The molecule has 7 nitrogen and oxygen atoms in total. The van der Waals surface area contributed by atoms with Crippen LogP contribution in [0.2, 0.25) is 0 Å². The summed E-state index contributed by atoms with van der Waals surface area (Å²) in [6.07, 6.45) is 0. The van der Waals surface area contributed by atoms with Gasteiger partial charge >= 0.3 is 0 Å². The number of hydrogen-bond donors (Lipinski definition) is 1. The van der Waals surface area contributed by atoms with E-state index in [1.807, 2.05) is 6.07 Å². The average molecular weight is 335 g/mol. The van der Waals surface area contributed by atoms with Crippen molar-refractivity contribution < 1.29 is 9.47 Å². The van der Waals surface area contributed by atoms with Crippen molar-refractivity contribution in [1.82, 2.24) is 0 Å². The van der Waals surface area contributed by atoms with E-state index in [4.69, 9.17) is 20.5 Å². The minimum absolute atomic E-state index is 0.0489. The Hall–Kier alpha value is -2.92. The number of nitrogens with zero attached hydrogens (tertiary/aromatic N) is 4. The maximum atomic E-state index is 10.1. The molecule has 7 heteroatoms. The first-order valence-corrected chi connectivity index (χ1v) is 7.99. The molecule has 0 spiro atoms. The van der Waals surface area contributed by atoms with Crippen LogP contribution in [0.15, 0.2) is 29.3 Å². The molecule has 1 aromatic rings. The van der Waals surface area contributed by atoms with Crippen LogP contribution in [0.5, 0.6) is 0 Å². The second-order valence-electron chi connectivity index (χ2n) is 5.95. The summed E-state index contributed by atoms with van der Waals surface area (Å²) >= 11 is 0. The number of rotatable bonds is 5. The van der Waals surface area contributed by atoms with Gasteiger partial charge in [-0.2, -0.15) is 15.8 Å². The molecular formula is C18H17N5O2. The zero-order valence-corrected chi connectivity index (χ0v) is 14.0. The first kappa shape index (κ1) is 16.9. The average Bonchev–Trinajstić information content (AvgIpc) is 3.21. The van der Waals surface area contributed by atoms with Gasteiger partial charge in [0.2, 0.25) is 0 Å². The standard InChI is InChI=1S/C18H17N5O2/c1-3-24-18(25-4-2)17(11-21)14(16(17,10-20)15(22)23-18)13-7-5-12(9-19)6-8-13/h5-8,14H,3-4H2,1-2H3,(H2,22,23). The molecule has 0 bridgehead atoms. The molecule has 25 heavy (non-hydrogen) atoms. The van der Waals surface area contributed by atoms with Gasteiger partial charge in [0, 0.05) is 19.1 Å². The van der Waals surface area contributed by atoms with Crippen LogP contribution in [0, 0.1) is 44.8 Å². The first-order chi connectivity index (χ1) is 12.0. The van der Waals surface area contributed by atoms with Crippen LogP contribution >= 0.6 is 0 Å². The molecule has 126 valence electrons. The van der Waals surface area contributed by atoms with Gasteiger partial charge in [0.25, 0.3) is 5.91 Å². The number of benzene rings is 1. The van der Waals surface area contributed by atoms with Gasteiger partial charge < -0.3 is 15.2 Å². The largest absolute Gasteiger partial charge is 0.386 e. The molecule has 0 saturated heterocycles. The van der Waals surface area contributed by atoms with Crippen LogP contribution in [0.1, 0.15) is 30.9 Å². The minimum Gasteiger partial charge on any atom is -0.386 e. The van der Waals surface area contributed by atoms with Gasteiger partial charge in [-0.05, 0) is 31.5 Å². The summed E-state index contributed by atoms with van der Waals surface area (Å²) in [5.74, 6) is -2.10. The maximum absolute atomic E-state index is 10.1. The van der Waals surface area contributed by atoms with Gasteiger partial charge in [0.05, 0.1) is 23.8 Å². The zero-order valence-electron chi connectivity index (χ0n) is 14.0. The number of hydrogen-bond acceptors (Lipinski definition) is 7. The summed E-state index contributed by atoms with van der Waals surface area (Å²) in [5.41, 5.74) is 4.66. The van der Waals surface area contributed by atoms with E-state index < -0.39 is 22.7 Å². The quantitative estimate of drug-likeness (QED) is 0.817. The van der Waals surface area contributed by atoms with Crippen LogP contribution in [0.25, 0.3) is 0 Å². The van der Waals surface area contributed by atoms with Gasteiger partial charge in [-0.1, -0.05) is 12.1 Å². The Balaban J connectivity index is 2.19. The summed E-state index contributed by atoms with van der Waals surface area (Å²) < 4.78 is 11.5. The van der Waals surface area contributed by atoms with E-state index in [2.05, 4.69) is 17.1 Å². The molecule has 1 fully saturated rings. The van der Waals surface area contributed by atoms with Crippen molar-refractivity contribution >= 4 is 5.84 Å². The van der Waals surface area contributed by atoms with Crippen LogP contribution in [-0.4, -0.2) is 25.0 Å². The Kier molecular flexibility index (Phi) is 3.77. The molecule has 3 atom stereocenters. The highest BCUT2D eigenvalue weighted by Crippen LogP contribution is 2.81. The van der Waals surface area contributed by atoms with Crippen LogP contribution in [0.3, 0.4) is 0 Å². The molecule has 3 rings (SSSR count). The van der Waals surface area contributed by atoms with Gasteiger partial charge in [-0.25, -0.2) is 4.99 Å². The highest BCUT2D eigenvalue weighted by molar-refractivity contribution is 6.00. The number of nitriles is 3. The molecule has 1 heterocycles. The monoisotopic (exact) mass is 335 g/mol. The number of amidine groups is 1.